The van der Waals surface area contributed by atoms with Gasteiger partial charge in [-0.25, -0.2) is 0 Å². The van der Waals surface area contributed by atoms with E-state index in [-0.39, 0.29) is 11.8 Å². The minimum atomic E-state index is 0.218. The van der Waals surface area contributed by atoms with E-state index in [1.807, 2.05) is 0 Å². The molecule has 0 aliphatic carbocycles. The first kappa shape index (κ1) is 18.5. The fraction of sp³-hybridized carbons (Fsp3) is 0.0625. The lowest BCUT2D eigenvalue weighted by Crippen LogP contribution is -2.29. The number of benzene rings is 5. The quantitative estimate of drug-likeness (QED) is 0.272. The summed E-state index contributed by atoms with van der Waals surface area (Å²) < 4.78 is 0. The zero-order valence-electron chi connectivity index (χ0n) is 18.2. The summed E-state index contributed by atoms with van der Waals surface area (Å²) in [6.45, 7) is 0. The second-order valence-electron chi connectivity index (χ2n) is 8.93. The van der Waals surface area contributed by atoms with Crippen LogP contribution < -0.4 is 4.90 Å². The van der Waals surface area contributed by atoms with Gasteiger partial charge in [-0.05, 0) is 45.5 Å². The summed E-state index contributed by atoms with van der Waals surface area (Å²) in [6, 6.07) is 46.6. The fourth-order valence-corrected chi connectivity index (χ4v) is 5.89. The van der Waals surface area contributed by atoms with Crippen molar-refractivity contribution in [3.63, 3.8) is 0 Å². The third kappa shape index (κ3) is 2.66. The van der Waals surface area contributed by atoms with Gasteiger partial charge in [-0.1, -0.05) is 115 Å². The van der Waals surface area contributed by atoms with Crippen LogP contribution in [0.4, 0.5) is 17.1 Å². The van der Waals surface area contributed by atoms with E-state index in [0.29, 0.717) is 0 Å². The third-order valence-electron chi connectivity index (χ3n) is 7.19. The lowest BCUT2D eigenvalue weighted by atomic mass is 9.73. The van der Waals surface area contributed by atoms with E-state index >= 15 is 0 Å². The molecule has 0 amide bonds. The largest absolute Gasteiger partial charge is 0.309 e. The van der Waals surface area contributed by atoms with Gasteiger partial charge in [0.2, 0.25) is 0 Å². The van der Waals surface area contributed by atoms with Crippen LogP contribution in [0.25, 0.3) is 0 Å². The molecule has 0 saturated carbocycles. The molecule has 1 nitrogen and oxygen atoms in total. The van der Waals surface area contributed by atoms with Crippen molar-refractivity contribution < 1.29 is 0 Å². The average molecular weight is 422 g/mol. The summed E-state index contributed by atoms with van der Waals surface area (Å²) in [5.41, 5.74) is 12.1. The highest BCUT2D eigenvalue weighted by Gasteiger charge is 2.40. The molecule has 0 aromatic heterocycles. The molecule has 2 unspecified atom stereocenters. The van der Waals surface area contributed by atoms with Crippen molar-refractivity contribution in [3.8, 4) is 0 Å². The summed E-state index contributed by atoms with van der Waals surface area (Å²) in [6.07, 6.45) is 0. The van der Waals surface area contributed by atoms with E-state index in [0.717, 1.165) is 0 Å². The molecule has 156 valence electrons. The molecule has 5 aromatic carbocycles. The van der Waals surface area contributed by atoms with Gasteiger partial charge in [0, 0.05) is 11.8 Å². The van der Waals surface area contributed by atoms with Crippen LogP contribution in [0.5, 0.6) is 0 Å². The molecule has 0 radical (unpaired) electrons. The van der Waals surface area contributed by atoms with Crippen LogP contribution in [0.2, 0.25) is 0 Å². The molecule has 0 spiro atoms. The van der Waals surface area contributed by atoms with Crippen molar-refractivity contribution in [3.05, 3.63) is 161 Å². The Morgan fingerprint density at radius 1 is 0.364 bits per heavy atom. The van der Waals surface area contributed by atoms with Crippen LogP contribution in [0.3, 0.4) is 0 Å². The molecule has 2 heterocycles. The fourth-order valence-electron chi connectivity index (χ4n) is 5.89. The second kappa shape index (κ2) is 7.21. The van der Waals surface area contributed by atoms with Crippen molar-refractivity contribution in [2.45, 2.75) is 11.8 Å². The second-order valence-corrected chi connectivity index (χ2v) is 8.93. The minimum Gasteiger partial charge on any atom is -0.309 e. The first-order chi connectivity index (χ1) is 16.4. The Bertz CT molecular complexity index is 1360. The summed E-state index contributed by atoms with van der Waals surface area (Å²) in [7, 11) is 0. The van der Waals surface area contributed by atoms with Gasteiger partial charge in [0.1, 0.15) is 0 Å². The minimum absolute atomic E-state index is 0.218. The molecule has 5 aromatic rings. The van der Waals surface area contributed by atoms with Gasteiger partial charge in [-0.3, -0.25) is 0 Å². The molecule has 2 atom stereocenters. The van der Waals surface area contributed by atoms with Gasteiger partial charge in [-0.2, -0.15) is 0 Å². The van der Waals surface area contributed by atoms with E-state index in [1.54, 1.807) is 0 Å². The zero-order valence-corrected chi connectivity index (χ0v) is 18.2. The van der Waals surface area contributed by atoms with E-state index in [4.69, 9.17) is 0 Å². The summed E-state index contributed by atoms with van der Waals surface area (Å²) >= 11 is 0. The number of hydrogen-bond acceptors (Lipinski definition) is 1. The Hall–Kier alpha value is -4.10. The first-order valence-electron chi connectivity index (χ1n) is 11.6. The predicted octanol–water partition coefficient (Wildman–Crippen LogP) is 8.14. The summed E-state index contributed by atoms with van der Waals surface area (Å²) in [5.74, 6) is 0.436. The van der Waals surface area contributed by atoms with E-state index in [1.165, 1.54) is 50.4 Å². The Morgan fingerprint density at radius 2 is 0.758 bits per heavy atom. The van der Waals surface area contributed by atoms with Gasteiger partial charge in [-0.15, -0.1) is 0 Å². The highest BCUT2D eigenvalue weighted by atomic mass is 15.2. The van der Waals surface area contributed by atoms with Gasteiger partial charge in [0.25, 0.3) is 0 Å². The van der Waals surface area contributed by atoms with Crippen molar-refractivity contribution in [2.24, 2.45) is 0 Å². The molecule has 2 aliphatic rings. The standard InChI is InChI=1S/C32H23N/c1-3-12-22(13-4-1)30-24-16-7-9-20-28(24)33-29-21-10-8-17-25(29)31(23-14-5-2-6-15-23)27-19-11-18-26(30)32(27)33/h1-21,30-31H. The van der Waals surface area contributed by atoms with Crippen molar-refractivity contribution in [1.29, 1.82) is 0 Å². The highest BCUT2D eigenvalue weighted by Crippen LogP contribution is 2.58. The molecule has 33 heavy (non-hydrogen) atoms. The number of nitrogens with zero attached hydrogens (tertiary/aromatic N) is 1. The van der Waals surface area contributed by atoms with Gasteiger partial charge >= 0.3 is 0 Å². The number of anilines is 3. The predicted molar refractivity (Wildman–Crippen MR) is 136 cm³/mol. The zero-order chi connectivity index (χ0) is 21.8. The van der Waals surface area contributed by atoms with Crippen LogP contribution in [0, 0.1) is 0 Å². The Kier molecular flexibility index (Phi) is 4.04. The van der Waals surface area contributed by atoms with Crippen molar-refractivity contribution in [2.75, 3.05) is 4.90 Å². The number of hydrogen-bond donors (Lipinski definition) is 0. The number of rotatable bonds is 2. The van der Waals surface area contributed by atoms with Gasteiger partial charge < -0.3 is 4.90 Å². The maximum absolute atomic E-state index is 2.51. The van der Waals surface area contributed by atoms with Crippen molar-refractivity contribution >= 4 is 17.1 Å². The van der Waals surface area contributed by atoms with E-state index < -0.39 is 0 Å². The average Bonchev–Trinajstić information content (AvgIpc) is 2.89. The number of fused-ring (bicyclic) bond motifs is 4. The Morgan fingerprint density at radius 3 is 1.24 bits per heavy atom. The van der Waals surface area contributed by atoms with Crippen LogP contribution in [0.1, 0.15) is 45.2 Å². The molecule has 0 bridgehead atoms. The first-order valence-corrected chi connectivity index (χ1v) is 11.6. The SMILES string of the molecule is c1ccc(C2c3ccccc3N3c4ccccc4C(c4ccccc4)c4cccc2c43)cc1. The van der Waals surface area contributed by atoms with Gasteiger partial charge in [0.05, 0.1) is 17.1 Å². The van der Waals surface area contributed by atoms with E-state index in [9.17, 15) is 0 Å². The lowest BCUT2D eigenvalue weighted by Gasteiger charge is -2.44. The lowest BCUT2D eigenvalue weighted by molar-refractivity contribution is 0.878. The molecule has 0 fully saturated rings. The van der Waals surface area contributed by atoms with Gasteiger partial charge in [0.15, 0.2) is 0 Å². The third-order valence-corrected chi connectivity index (χ3v) is 7.19. The van der Waals surface area contributed by atoms with Crippen LogP contribution in [-0.2, 0) is 0 Å². The maximum Gasteiger partial charge on any atom is 0.0545 e. The molecule has 0 saturated heterocycles. The Balaban J connectivity index is 1.58. The summed E-state index contributed by atoms with van der Waals surface area (Å²) in [4.78, 5) is 2.51. The van der Waals surface area contributed by atoms with Crippen LogP contribution in [0.15, 0.2) is 127 Å². The van der Waals surface area contributed by atoms with Crippen molar-refractivity contribution in [1.82, 2.24) is 0 Å². The molecule has 1 heteroatoms. The molecule has 0 N–H and O–H groups in total. The monoisotopic (exact) mass is 421 g/mol. The maximum atomic E-state index is 2.51. The smallest absolute Gasteiger partial charge is 0.0545 e. The molecule has 2 aliphatic heterocycles. The van der Waals surface area contributed by atoms with E-state index in [2.05, 4.69) is 132 Å². The Labute approximate surface area is 194 Å². The summed E-state index contributed by atoms with van der Waals surface area (Å²) in [5, 5.41) is 0. The topological polar surface area (TPSA) is 3.24 Å². The van der Waals surface area contributed by atoms with Crippen LogP contribution >= 0.6 is 0 Å². The molecular weight excluding hydrogens is 398 g/mol. The highest BCUT2D eigenvalue weighted by molar-refractivity contribution is 5.92. The number of para-hydroxylation sites is 3. The van der Waals surface area contributed by atoms with Crippen LogP contribution in [-0.4, -0.2) is 0 Å². The molecular formula is C32H23N. The normalized spacial score (nSPS) is 17.6. The molecule has 7 rings (SSSR count).